The summed E-state index contributed by atoms with van der Waals surface area (Å²) in [5.41, 5.74) is 6.41. The van der Waals surface area contributed by atoms with E-state index in [1.165, 1.54) is 0 Å². The van der Waals surface area contributed by atoms with Crippen molar-refractivity contribution in [3.8, 4) is 0 Å². The van der Waals surface area contributed by atoms with E-state index in [-0.39, 0.29) is 12.2 Å². The fourth-order valence-electron chi connectivity index (χ4n) is 1.02. The molecule has 5 heteroatoms. The largest absolute Gasteiger partial charge is 0.326 e. The van der Waals surface area contributed by atoms with E-state index in [0.29, 0.717) is 10.2 Å². The van der Waals surface area contributed by atoms with Crippen molar-refractivity contribution in [1.29, 1.82) is 0 Å². The van der Waals surface area contributed by atoms with E-state index in [2.05, 4.69) is 20.9 Å². The average Bonchev–Trinajstić information content (AvgIpc) is 2.07. The Hall–Kier alpha value is -0.550. The summed E-state index contributed by atoms with van der Waals surface area (Å²) in [6.45, 7) is 1.89. The van der Waals surface area contributed by atoms with E-state index < -0.39 is 6.43 Å². The fourth-order valence-corrected chi connectivity index (χ4v) is 1.49. The second kappa shape index (κ2) is 4.11. The van der Waals surface area contributed by atoms with Crippen LogP contribution in [0.3, 0.4) is 0 Å². The van der Waals surface area contributed by atoms with Gasteiger partial charge in [0.2, 0.25) is 0 Å². The minimum Gasteiger partial charge on any atom is -0.326 e. The van der Waals surface area contributed by atoms with Crippen molar-refractivity contribution in [2.75, 3.05) is 0 Å². The van der Waals surface area contributed by atoms with Gasteiger partial charge in [-0.2, -0.15) is 0 Å². The number of nitrogens with two attached hydrogens (primary N) is 1. The number of aromatic nitrogens is 1. The van der Waals surface area contributed by atoms with Gasteiger partial charge in [0, 0.05) is 6.54 Å². The third-order valence-electron chi connectivity index (χ3n) is 1.70. The van der Waals surface area contributed by atoms with Crippen molar-refractivity contribution < 1.29 is 8.78 Å². The highest BCUT2D eigenvalue weighted by Gasteiger charge is 2.14. The van der Waals surface area contributed by atoms with Crippen LogP contribution in [0.2, 0.25) is 0 Å². The van der Waals surface area contributed by atoms with Gasteiger partial charge in [0.05, 0.1) is 0 Å². The maximum atomic E-state index is 12.3. The van der Waals surface area contributed by atoms with E-state index in [0.717, 1.165) is 5.56 Å². The lowest BCUT2D eigenvalue weighted by atomic mass is 10.1. The Balaban J connectivity index is 3.20. The summed E-state index contributed by atoms with van der Waals surface area (Å²) in [4.78, 5) is 3.73. The molecule has 1 aromatic heterocycles. The molecule has 0 atom stereocenters. The van der Waals surface area contributed by atoms with Crippen molar-refractivity contribution >= 4 is 15.9 Å². The lowest BCUT2D eigenvalue weighted by molar-refractivity contribution is 0.145. The molecule has 1 aromatic rings. The van der Waals surface area contributed by atoms with Gasteiger partial charge in [-0.25, -0.2) is 13.8 Å². The van der Waals surface area contributed by atoms with E-state index in [4.69, 9.17) is 5.73 Å². The molecule has 0 unspecified atom stereocenters. The van der Waals surface area contributed by atoms with E-state index in [1.807, 2.05) is 0 Å². The van der Waals surface area contributed by atoms with Crippen LogP contribution in [0.15, 0.2) is 10.7 Å². The lowest BCUT2D eigenvalue weighted by Gasteiger charge is -2.07. The third kappa shape index (κ3) is 2.22. The Labute approximate surface area is 83.3 Å². The molecule has 0 fully saturated rings. The Morgan fingerprint density at radius 3 is 2.69 bits per heavy atom. The summed E-state index contributed by atoms with van der Waals surface area (Å²) < 4.78 is 25.1. The van der Waals surface area contributed by atoms with Crippen LogP contribution >= 0.6 is 15.9 Å². The van der Waals surface area contributed by atoms with Crippen molar-refractivity contribution in [3.63, 3.8) is 0 Å². The second-order valence-corrected chi connectivity index (χ2v) is 3.40. The second-order valence-electron chi connectivity index (χ2n) is 2.65. The molecular weight excluding hydrogens is 242 g/mol. The number of rotatable bonds is 2. The first-order valence-electron chi connectivity index (χ1n) is 3.70. The predicted octanol–water partition coefficient (Wildman–Crippen LogP) is 2.55. The van der Waals surface area contributed by atoms with Gasteiger partial charge >= 0.3 is 0 Å². The number of aryl methyl sites for hydroxylation is 1. The number of hydrogen-bond donors (Lipinski definition) is 1. The average molecular weight is 251 g/mol. The molecule has 0 aromatic carbocycles. The van der Waals surface area contributed by atoms with Gasteiger partial charge in [-0.15, -0.1) is 0 Å². The van der Waals surface area contributed by atoms with Gasteiger partial charge in [0.1, 0.15) is 10.3 Å². The molecule has 0 spiro atoms. The summed E-state index contributed by atoms with van der Waals surface area (Å²) in [7, 11) is 0. The molecule has 0 radical (unpaired) electrons. The highest BCUT2D eigenvalue weighted by Crippen LogP contribution is 2.24. The van der Waals surface area contributed by atoms with Crippen molar-refractivity contribution in [3.05, 3.63) is 27.5 Å². The summed E-state index contributed by atoms with van der Waals surface area (Å²) in [5, 5.41) is 0. The normalized spacial score (nSPS) is 10.9. The van der Waals surface area contributed by atoms with Gasteiger partial charge in [-0.05, 0) is 34.0 Å². The molecule has 0 amide bonds. The quantitative estimate of drug-likeness (QED) is 0.820. The number of hydrogen-bond acceptors (Lipinski definition) is 2. The summed E-state index contributed by atoms with van der Waals surface area (Å²) in [6, 6.07) is 1.62. The number of halogens is 3. The first-order valence-corrected chi connectivity index (χ1v) is 4.49. The molecule has 2 nitrogen and oxygen atoms in total. The molecule has 0 saturated heterocycles. The highest BCUT2D eigenvalue weighted by molar-refractivity contribution is 9.10. The predicted molar refractivity (Wildman–Crippen MR) is 49.5 cm³/mol. The molecule has 1 rings (SSSR count). The molecule has 0 aliphatic rings. The minimum absolute atomic E-state index is 0.191. The zero-order chi connectivity index (χ0) is 10.0. The van der Waals surface area contributed by atoms with Gasteiger partial charge in [0.25, 0.3) is 6.43 Å². The first kappa shape index (κ1) is 10.5. The molecule has 0 aliphatic heterocycles. The third-order valence-corrected chi connectivity index (χ3v) is 2.39. The highest BCUT2D eigenvalue weighted by atomic mass is 79.9. The van der Waals surface area contributed by atoms with Crippen molar-refractivity contribution in [1.82, 2.24) is 4.98 Å². The standard InChI is InChI=1S/C8H9BrF2N2/c1-4-2-5(3-12)7(9)13-6(4)8(10)11/h2,8H,3,12H2,1H3. The van der Waals surface area contributed by atoms with Gasteiger partial charge in [-0.1, -0.05) is 6.07 Å². The van der Waals surface area contributed by atoms with Crippen molar-refractivity contribution in [2.24, 2.45) is 5.73 Å². The van der Waals surface area contributed by atoms with Gasteiger partial charge < -0.3 is 5.73 Å². The van der Waals surface area contributed by atoms with Crippen LogP contribution in [0.25, 0.3) is 0 Å². The smallest absolute Gasteiger partial charge is 0.280 e. The molecule has 13 heavy (non-hydrogen) atoms. The topological polar surface area (TPSA) is 38.9 Å². The number of alkyl halides is 2. The van der Waals surface area contributed by atoms with E-state index >= 15 is 0 Å². The van der Waals surface area contributed by atoms with Crippen LogP contribution in [0.4, 0.5) is 8.78 Å². The SMILES string of the molecule is Cc1cc(CN)c(Br)nc1C(F)F. The maximum absolute atomic E-state index is 12.3. The Morgan fingerprint density at radius 1 is 1.62 bits per heavy atom. The van der Waals surface area contributed by atoms with Crippen LogP contribution in [-0.4, -0.2) is 4.98 Å². The van der Waals surface area contributed by atoms with Gasteiger partial charge in [-0.3, -0.25) is 0 Å². The zero-order valence-electron chi connectivity index (χ0n) is 7.02. The van der Waals surface area contributed by atoms with E-state index in [1.54, 1.807) is 13.0 Å². The molecule has 72 valence electrons. The zero-order valence-corrected chi connectivity index (χ0v) is 8.61. The number of nitrogens with zero attached hydrogens (tertiary/aromatic N) is 1. The molecule has 0 bridgehead atoms. The molecule has 1 heterocycles. The van der Waals surface area contributed by atoms with Crippen LogP contribution in [0, 0.1) is 6.92 Å². The summed E-state index contributed by atoms with van der Waals surface area (Å²) in [5.74, 6) is 0. The Morgan fingerprint density at radius 2 is 2.23 bits per heavy atom. The number of pyridine rings is 1. The molecule has 0 aliphatic carbocycles. The van der Waals surface area contributed by atoms with Crippen molar-refractivity contribution in [2.45, 2.75) is 19.9 Å². The summed E-state index contributed by atoms with van der Waals surface area (Å²) in [6.07, 6.45) is -2.54. The van der Waals surface area contributed by atoms with Crippen LogP contribution in [-0.2, 0) is 6.54 Å². The molecule has 2 N–H and O–H groups in total. The van der Waals surface area contributed by atoms with Crippen LogP contribution in [0.5, 0.6) is 0 Å². The Bertz CT molecular complexity index is 315. The van der Waals surface area contributed by atoms with Crippen LogP contribution in [0.1, 0.15) is 23.2 Å². The monoisotopic (exact) mass is 250 g/mol. The van der Waals surface area contributed by atoms with E-state index in [9.17, 15) is 8.78 Å². The summed E-state index contributed by atoms with van der Waals surface area (Å²) >= 11 is 3.09. The maximum Gasteiger partial charge on any atom is 0.280 e. The fraction of sp³-hybridized carbons (Fsp3) is 0.375. The molecular formula is C8H9BrF2N2. The first-order chi connectivity index (χ1) is 6.06. The van der Waals surface area contributed by atoms with Crippen LogP contribution < -0.4 is 5.73 Å². The lowest BCUT2D eigenvalue weighted by Crippen LogP contribution is -2.03. The Kier molecular flexibility index (Phi) is 3.33. The minimum atomic E-state index is -2.54. The molecule has 0 saturated carbocycles. The van der Waals surface area contributed by atoms with Gasteiger partial charge in [0.15, 0.2) is 0 Å².